The summed E-state index contributed by atoms with van der Waals surface area (Å²) in [6, 6.07) is 5.21. The van der Waals surface area contributed by atoms with E-state index in [2.05, 4.69) is 20.9 Å². The van der Waals surface area contributed by atoms with E-state index in [0.29, 0.717) is 24.8 Å². The van der Waals surface area contributed by atoms with Crippen molar-refractivity contribution in [1.82, 2.24) is 20.9 Å². The SMILES string of the molecule is CN=C(NCCN1C(=O)CNC1=O)NCc1ccc(OC)cc1OC.I. The van der Waals surface area contributed by atoms with E-state index in [-0.39, 0.29) is 49.0 Å². The van der Waals surface area contributed by atoms with Crippen LogP contribution < -0.4 is 25.4 Å². The summed E-state index contributed by atoms with van der Waals surface area (Å²) in [5.41, 5.74) is 0.945. The Morgan fingerprint density at radius 3 is 2.62 bits per heavy atom. The van der Waals surface area contributed by atoms with Crippen LogP contribution in [0.5, 0.6) is 11.5 Å². The number of nitrogens with zero attached hydrogens (tertiary/aromatic N) is 2. The molecular formula is C16H24IN5O4. The van der Waals surface area contributed by atoms with Crippen molar-refractivity contribution < 1.29 is 19.1 Å². The van der Waals surface area contributed by atoms with Crippen LogP contribution in [0.2, 0.25) is 0 Å². The van der Waals surface area contributed by atoms with E-state index in [0.717, 1.165) is 11.3 Å². The highest BCUT2D eigenvalue weighted by molar-refractivity contribution is 14.0. The number of halogens is 1. The lowest BCUT2D eigenvalue weighted by Gasteiger charge is -2.16. The molecule has 1 aromatic carbocycles. The van der Waals surface area contributed by atoms with Crippen LogP contribution in [0.3, 0.4) is 0 Å². The Balaban J connectivity index is 0.00000338. The molecule has 1 saturated heterocycles. The minimum absolute atomic E-state index is 0. The average molecular weight is 477 g/mol. The predicted octanol–water partition coefficient (Wildman–Crippen LogP) is 0.539. The monoisotopic (exact) mass is 477 g/mol. The largest absolute Gasteiger partial charge is 0.497 e. The Labute approximate surface area is 169 Å². The number of urea groups is 1. The summed E-state index contributed by atoms with van der Waals surface area (Å²) in [5, 5.41) is 8.71. The van der Waals surface area contributed by atoms with Gasteiger partial charge in [-0.15, -0.1) is 24.0 Å². The number of amides is 3. The Hall–Kier alpha value is -2.24. The average Bonchev–Trinajstić information content (AvgIpc) is 2.96. The Morgan fingerprint density at radius 2 is 2.04 bits per heavy atom. The lowest BCUT2D eigenvalue weighted by Crippen LogP contribution is -2.43. The second-order valence-corrected chi connectivity index (χ2v) is 5.23. The van der Waals surface area contributed by atoms with Crippen LogP contribution in [0.25, 0.3) is 0 Å². The van der Waals surface area contributed by atoms with E-state index in [9.17, 15) is 9.59 Å². The van der Waals surface area contributed by atoms with Gasteiger partial charge >= 0.3 is 6.03 Å². The first-order valence-electron chi connectivity index (χ1n) is 7.82. The topological polar surface area (TPSA) is 104 Å². The maximum atomic E-state index is 11.5. The van der Waals surface area contributed by atoms with Crippen LogP contribution in [0, 0.1) is 0 Å². The Kier molecular flexibility index (Phi) is 8.96. The zero-order valence-corrected chi connectivity index (χ0v) is 17.3. The molecule has 3 N–H and O–H groups in total. The zero-order valence-electron chi connectivity index (χ0n) is 15.0. The highest BCUT2D eigenvalue weighted by Gasteiger charge is 2.27. The Morgan fingerprint density at radius 1 is 1.27 bits per heavy atom. The van der Waals surface area contributed by atoms with Gasteiger partial charge in [-0.2, -0.15) is 0 Å². The van der Waals surface area contributed by atoms with E-state index in [1.54, 1.807) is 21.3 Å². The van der Waals surface area contributed by atoms with Gasteiger partial charge in [0.15, 0.2) is 5.96 Å². The van der Waals surface area contributed by atoms with Gasteiger partial charge in [0.05, 0.1) is 20.8 Å². The molecular weight excluding hydrogens is 453 g/mol. The van der Waals surface area contributed by atoms with Gasteiger partial charge in [0.25, 0.3) is 0 Å². The number of imide groups is 1. The fourth-order valence-corrected chi connectivity index (χ4v) is 2.37. The Bertz CT molecular complexity index is 652. The van der Waals surface area contributed by atoms with Crippen molar-refractivity contribution in [2.75, 3.05) is 40.9 Å². The first-order valence-corrected chi connectivity index (χ1v) is 7.82. The first-order chi connectivity index (χ1) is 12.1. The summed E-state index contributed by atoms with van der Waals surface area (Å²) < 4.78 is 10.5. The number of hydrogen-bond acceptors (Lipinski definition) is 5. The van der Waals surface area contributed by atoms with Gasteiger partial charge in [-0.3, -0.25) is 14.7 Å². The normalized spacial score (nSPS) is 13.8. The molecule has 0 saturated carbocycles. The molecule has 1 fully saturated rings. The molecule has 0 bridgehead atoms. The second-order valence-electron chi connectivity index (χ2n) is 5.23. The molecule has 2 rings (SSSR count). The van der Waals surface area contributed by atoms with Crippen LogP contribution >= 0.6 is 24.0 Å². The lowest BCUT2D eigenvalue weighted by atomic mass is 10.2. The number of guanidine groups is 1. The van der Waals surface area contributed by atoms with Gasteiger partial charge in [-0.05, 0) is 12.1 Å². The predicted molar refractivity (Wildman–Crippen MR) is 108 cm³/mol. The third-order valence-electron chi connectivity index (χ3n) is 3.73. The number of aliphatic imine (C=N–C) groups is 1. The van der Waals surface area contributed by atoms with Crippen LogP contribution in [0.4, 0.5) is 4.79 Å². The number of rotatable bonds is 7. The first kappa shape index (κ1) is 21.8. The molecule has 10 heteroatoms. The number of methoxy groups -OCH3 is 2. The number of ether oxygens (including phenoxy) is 2. The van der Waals surface area contributed by atoms with E-state index < -0.39 is 0 Å². The van der Waals surface area contributed by atoms with Gasteiger partial charge in [0.1, 0.15) is 11.5 Å². The molecule has 0 atom stereocenters. The van der Waals surface area contributed by atoms with Gasteiger partial charge in [-0.1, -0.05) is 0 Å². The molecule has 0 unspecified atom stereocenters. The van der Waals surface area contributed by atoms with Gasteiger partial charge < -0.3 is 25.4 Å². The third kappa shape index (κ3) is 5.64. The van der Waals surface area contributed by atoms with Gasteiger partial charge in [-0.25, -0.2) is 4.79 Å². The van der Waals surface area contributed by atoms with Crippen molar-refractivity contribution in [3.63, 3.8) is 0 Å². The fraction of sp³-hybridized carbons (Fsp3) is 0.438. The summed E-state index contributed by atoms with van der Waals surface area (Å²) in [6.45, 7) is 1.23. The standard InChI is InChI=1S/C16H23N5O4.HI/c1-17-15(18-6-7-21-14(22)10-20-16(21)23)19-9-11-4-5-12(24-2)8-13(11)25-3;/h4-5,8H,6-7,9-10H2,1-3H3,(H,20,23)(H2,17,18,19);1H. The quantitative estimate of drug-likeness (QED) is 0.229. The molecule has 0 aromatic heterocycles. The van der Waals surface area contributed by atoms with Crippen molar-refractivity contribution in [3.05, 3.63) is 23.8 Å². The molecule has 1 aromatic rings. The molecule has 0 spiro atoms. The van der Waals surface area contributed by atoms with Crippen LogP contribution in [0.1, 0.15) is 5.56 Å². The summed E-state index contributed by atoms with van der Waals surface area (Å²) in [5.74, 6) is 1.76. The molecule has 1 aliphatic rings. The minimum atomic E-state index is -0.363. The van der Waals surface area contributed by atoms with E-state index in [4.69, 9.17) is 9.47 Å². The molecule has 3 amide bonds. The molecule has 26 heavy (non-hydrogen) atoms. The third-order valence-corrected chi connectivity index (χ3v) is 3.73. The van der Waals surface area contributed by atoms with Crippen LogP contribution in [-0.4, -0.2) is 63.7 Å². The van der Waals surface area contributed by atoms with Crippen molar-refractivity contribution in [2.24, 2.45) is 4.99 Å². The van der Waals surface area contributed by atoms with E-state index in [1.165, 1.54) is 4.90 Å². The van der Waals surface area contributed by atoms with Gasteiger partial charge in [0, 0.05) is 38.3 Å². The lowest BCUT2D eigenvalue weighted by molar-refractivity contribution is -0.124. The molecule has 9 nitrogen and oxygen atoms in total. The van der Waals surface area contributed by atoms with E-state index in [1.807, 2.05) is 18.2 Å². The van der Waals surface area contributed by atoms with E-state index >= 15 is 0 Å². The maximum absolute atomic E-state index is 11.5. The molecule has 0 radical (unpaired) electrons. The molecule has 144 valence electrons. The van der Waals surface area contributed by atoms with Crippen LogP contribution in [-0.2, 0) is 11.3 Å². The smallest absolute Gasteiger partial charge is 0.324 e. The van der Waals surface area contributed by atoms with Gasteiger partial charge in [0.2, 0.25) is 5.91 Å². The molecule has 1 heterocycles. The number of carbonyl (C=O) groups is 2. The molecule has 0 aliphatic carbocycles. The molecule has 1 aliphatic heterocycles. The second kappa shape index (κ2) is 10.7. The highest BCUT2D eigenvalue weighted by Crippen LogP contribution is 2.24. The van der Waals surface area contributed by atoms with Crippen LogP contribution in [0.15, 0.2) is 23.2 Å². The summed E-state index contributed by atoms with van der Waals surface area (Å²) in [7, 11) is 4.85. The number of hydrogen-bond donors (Lipinski definition) is 3. The number of nitrogens with one attached hydrogen (secondary N) is 3. The van der Waals surface area contributed by atoms with Crippen molar-refractivity contribution in [3.8, 4) is 11.5 Å². The van der Waals surface area contributed by atoms with Crippen molar-refractivity contribution in [2.45, 2.75) is 6.54 Å². The maximum Gasteiger partial charge on any atom is 0.324 e. The minimum Gasteiger partial charge on any atom is -0.497 e. The summed E-state index contributed by atoms with van der Waals surface area (Å²) >= 11 is 0. The summed E-state index contributed by atoms with van der Waals surface area (Å²) in [4.78, 5) is 28.3. The zero-order chi connectivity index (χ0) is 18.2. The van der Waals surface area contributed by atoms with Crippen molar-refractivity contribution in [1.29, 1.82) is 0 Å². The highest BCUT2D eigenvalue weighted by atomic mass is 127. The number of benzene rings is 1. The van der Waals surface area contributed by atoms with Crippen molar-refractivity contribution >= 4 is 41.9 Å². The number of carbonyl (C=O) groups excluding carboxylic acids is 2. The summed E-state index contributed by atoms with van der Waals surface area (Å²) in [6.07, 6.45) is 0. The fourth-order valence-electron chi connectivity index (χ4n) is 2.37.